The molecule has 3 nitrogen and oxygen atoms in total. The number of ketones is 1. The topological polar surface area (TPSA) is 41.5 Å². The lowest BCUT2D eigenvalue weighted by molar-refractivity contribution is -0.110. The molecular formula is C24H26N2O. The average Bonchev–Trinajstić information content (AvgIpc) is 2.60. The van der Waals surface area contributed by atoms with Gasteiger partial charge in [0.1, 0.15) is 5.71 Å². The highest BCUT2D eigenvalue weighted by Crippen LogP contribution is 2.31. The Balaban J connectivity index is 2.00. The van der Waals surface area contributed by atoms with E-state index in [4.69, 9.17) is 0 Å². The molecule has 1 aliphatic rings. The highest BCUT2D eigenvalue weighted by Gasteiger charge is 2.29. The van der Waals surface area contributed by atoms with Gasteiger partial charge < -0.3 is 5.32 Å². The van der Waals surface area contributed by atoms with E-state index in [-0.39, 0.29) is 11.2 Å². The van der Waals surface area contributed by atoms with Crippen molar-refractivity contribution in [2.24, 2.45) is 10.4 Å². The summed E-state index contributed by atoms with van der Waals surface area (Å²) in [6.07, 6.45) is 3.77. The minimum Gasteiger partial charge on any atom is -0.355 e. The molecule has 1 aliphatic carbocycles. The molecule has 2 aromatic carbocycles. The molecule has 3 heteroatoms. The van der Waals surface area contributed by atoms with Crippen molar-refractivity contribution in [1.82, 2.24) is 0 Å². The molecule has 3 rings (SSSR count). The zero-order valence-electron chi connectivity index (χ0n) is 16.6. The number of rotatable bonds is 3. The fraction of sp³-hybridized carbons (Fsp3) is 0.250. The Morgan fingerprint density at radius 2 is 1.37 bits per heavy atom. The van der Waals surface area contributed by atoms with Gasteiger partial charge in [0.15, 0.2) is 0 Å². The van der Waals surface area contributed by atoms with Crippen LogP contribution in [0.4, 0.5) is 11.4 Å². The Morgan fingerprint density at radius 1 is 0.815 bits per heavy atom. The maximum absolute atomic E-state index is 13.0. The predicted molar refractivity (Wildman–Crippen MR) is 114 cm³/mol. The first-order valence-electron chi connectivity index (χ1n) is 9.20. The number of nitrogens with one attached hydrogen (secondary N) is 1. The van der Waals surface area contributed by atoms with Crippen LogP contribution < -0.4 is 5.32 Å². The van der Waals surface area contributed by atoms with Crippen LogP contribution in [-0.4, -0.2) is 11.5 Å². The van der Waals surface area contributed by atoms with Crippen molar-refractivity contribution in [1.29, 1.82) is 0 Å². The molecule has 0 aromatic heterocycles. The van der Waals surface area contributed by atoms with Gasteiger partial charge in [-0.3, -0.25) is 4.79 Å². The van der Waals surface area contributed by atoms with E-state index in [2.05, 4.69) is 50.1 Å². The molecule has 0 saturated heterocycles. The van der Waals surface area contributed by atoms with Crippen LogP contribution in [0.1, 0.15) is 31.9 Å². The molecule has 0 heterocycles. The molecule has 0 fully saturated rings. The summed E-state index contributed by atoms with van der Waals surface area (Å²) in [5, 5.41) is 3.41. The normalized spacial score (nSPS) is 16.2. The van der Waals surface area contributed by atoms with E-state index < -0.39 is 0 Å². The van der Waals surface area contributed by atoms with Crippen molar-refractivity contribution >= 4 is 22.9 Å². The monoisotopic (exact) mass is 358 g/mol. The molecular weight excluding hydrogens is 332 g/mol. The van der Waals surface area contributed by atoms with Gasteiger partial charge in [0.05, 0.1) is 5.69 Å². The van der Waals surface area contributed by atoms with Gasteiger partial charge in [0, 0.05) is 17.0 Å². The van der Waals surface area contributed by atoms with Gasteiger partial charge >= 0.3 is 0 Å². The second kappa shape index (κ2) is 7.36. The van der Waals surface area contributed by atoms with Gasteiger partial charge in [0.2, 0.25) is 5.78 Å². The third-order valence-electron chi connectivity index (χ3n) is 4.50. The van der Waals surface area contributed by atoms with Crippen LogP contribution in [0.2, 0.25) is 0 Å². The first kappa shape index (κ1) is 18.8. The lowest BCUT2D eigenvalue weighted by Crippen LogP contribution is -2.28. The third kappa shape index (κ3) is 4.62. The van der Waals surface area contributed by atoms with Crippen molar-refractivity contribution in [2.45, 2.75) is 34.6 Å². The SMILES string of the molecule is Cc1ccc(N=C2C=C(Nc3ccc(C)cc3)C=C(C(C)(C)C)C2=O)cc1. The Kier molecular flexibility index (Phi) is 5.13. The molecule has 0 aliphatic heterocycles. The van der Waals surface area contributed by atoms with E-state index >= 15 is 0 Å². The van der Waals surface area contributed by atoms with Gasteiger partial charge in [-0.1, -0.05) is 56.2 Å². The van der Waals surface area contributed by atoms with E-state index in [1.807, 2.05) is 55.5 Å². The van der Waals surface area contributed by atoms with Crippen LogP contribution in [0, 0.1) is 19.3 Å². The van der Waals surface area contributed by atoms with Crippen LogP contribution >= 0.6 is 0 Å². The average molecular weight is 358 g/mol. The highest BCUT2D eigenvalue weighted by atomic mass is 16.1. The first-order valence-corrected chi connectivity index (χ1v) is 9.20. The van der Waals surface area contributed by atoms with Gasteiger partial charge in [-0.2, -0.15) is 0 Å². The van der Waals surface area contributed by atoms with Crippen LogP contribution in [0.3, 0.4) is 0 Å². The molecule has 27 heavy (non-hydrogen) atoms. The summed E-state index contributed by atoms with van der Waals surface area (Å²) in [5.41, 5.74) is 5.97. The van der Waals surface area contributed by atoms with Crippen molar-refractivity contribution in [3.63, 3.8) is 0 Å². The van der Waals surface area contributed by atoms with Crippen molar-refractivity contribution in [3.8, 4) is 0 Å². The number of nitrogens with zero attached hydrogens (tertiary/aromatic N) is 1. The number of Topliss-reactive ketones (excluding diaryl/α,β-unsaturated/α-hetero) is 1. The number of anilines is 1. The number of carbonyl (C=O) groups is 1. The number of benzene rings is 2. The summed E-state index contributed by atoms with van der Waals surface area (Å²) in [4.78, 5) is 17.6. The van der Waals surface area contributed by atoms with E-state index in [9.17, 15) is 4.79 Å². The molecule has 0 spiro atoms. The molecule has 138 valence electrons. The van der Waals surface area contributed by atoms with E-state index in [1.165, 1.54) is 11.1 Å². The summed E-state index contributed by atoms with van der Waals surface area (Å²) in [6, 6.07) is 16.1. The van der Waals surface area contributed by atoms with Crippen LogP contribution in [-0.2, 0) is 4.79 Å². The first-order chi connectivity index (χ1) is 12.7. The zero-order chi connectivity index (χ0) is 19.6. The smallest absolute Gasteiger partial charge is 0.208 e. The number of hydrogen-bond acceptors (Lipinski definition) is 3. The number of aryl methyl sites for hydroxylation is 2. The molecule has 0 unspecified atom stereocenters. The summed E-state index contributed by atoms with van der Waals surface area (Å²) < 4.78 is 0. The summed E-state index contributed by atoms with van der Waals surface area (Å²) in [6.45, 7) is 10.2. The Hall–Kier alpha value is -2.94. The molecule has 0 bridgehead atoms. The van der Waals surface area contributed by atoms with Crippen LogP contribution in [0.5, 0.6) is 0 Å². The maximum Gasteiger partial charge on any atom is 0.208 e. The second-order valence-electron chi connectivity index (χ2n) is 8.06. The van der Waals surface area contributed by atoms with Crippen molar-refractivity contribution in [2.75, 3.05) is 5.32 Å². The largest absolute Gasteiger partial charge is 0.355 e. The molecule has 0 amide bonds. The van der Waals surface area contributed by atoms with E-state index in [0.29, 0.717) is 5.71 Å². The van der Waals surface area contributed by atoms with Crippen LogP contribution in [0.25, 0.3) is 0 Å². The molecule has 0 radical (unpaired) electrons. The minimum absolute atomic E-state index is 0.0162. The standard InChI is InChI=1S/C24H26N2O/c1-16-6-10-18(11-7-16)25-20-14-21(24(3,4)5)23(27)22(15-20)26-19-12-8-17(2)9-13-19/h6-15,25H,1-5H3. The Labute approximate surface area is 161 Å². The highest BCUT2D eigenvalue weighted by molar-refractivity contribution is 6.51. The predicted octanol–water partition coefficient (Wildman–Crippen LogP) is 5.93. The number of allylic oxidation sites excluding steroid dienone is 3. The van der Waals surface area contributed by atoms with Crippen molar-refractivity contribution < 1.29 is 4.79 Å². The molecule has 0 saturated carbocycles. The number of carbonyl (C=O) groups excluding carboxylic acids is 1. The van der Waals surface area contributed by atoms with Gasteiger partial charge in [-0.15, -0.1) is 0 Å². The van der Waals surface area contributed by atoms with E-state index in [1.54, 1.807) is 0 Å². The fourth-order valence-electron chi connectivity index (χ4n) is 2.89. The Bertz CT molecular complexity index is 937. The van der Waals surface area contributed by atoms with Gasteiger partial charge in [0.25, 0.3) is 0 Å². The number of hydrogen-bond donors (Lipinski definition) is 1. The van der Waals surface area contributed by atoms with Gasteiger partial charge in [-0.25, -0.2) is 4.99 Å². The summed E-state index contributed by atoms with van der Waals surface area (Å²) in [7, 11) is 0. The fourth-order valence-corrected chi connectivity index (χ4v) is 2.89. The molecule has 0 atom stereocenters. The number of aliphatic imine (C=N–C) groups is 1. The molecule has 1 N–H and O–H groups in total. The van der Waals surface area contributed by atoms with E-state index in [0.717, 1.165) is 22.6 Å². The Morgan fingerprint density at radius 3 is 1.93 bits per heavy atom. The van der Waals surface area contributed by atoms with Crippen LogP contribution in [0.15, 0.2) is 76.9 Å². The quantitative estimate of drug-likeness (QED) is 0.691. The minimum atomic E-state index is -0.264. The third-order valence-corrected chi connectivity index (χ3v) is 4.50. The van der Waals surface area contributed by atoms with Gasteiger partial charge in [-0.05, 0) is 55.7 Å². The lowest BCUT2D eigenvalue weighted by atomic mass is 9.80. The molecule has 2 aromatic rings. The summed E-state index contributed by atoms with van der Waals surface area (Å²) >= 11 is 0. The second-order valence-corrected chi connectivity index (χ2v) is 8.06. The lowest BCUT2D eigenvalue weighted by Gasteiger charge is -2.25. The zero-order valence-corrected chi connectivity index (χ0v) is 16.6. The summed E-state index contributed by atoms with van der Waals surface area (Å²) in [5.74, 6) is -0.0162. The maximum atomic E-state index is 13.0. The van der Waals surface area contributed by atoms with Crippen molar-refractivity contribution in [3.05, 3.63) is 83.1 Å².